The van der Waals surface area contributed by atoms with E-state index in [4.69, 9.17) is 0 Å². The Balaban J connectivity index is 1.26. The van der Waals surface area contributed by atoms with Crippen LogP contribution >= 0.6 is 11.3 Å². The lowest BCUT2D eigenvalue weighted by Gasteiger charge is -2.34. The van der Waals surface area contributed by atoms with E-state index in [2.05, 4.69) is 228 Å². The summed E-state index contributed by atoms with van der Waals surface area (Å²) in [6.07, 6.45) is 0. The number of benzene rings is 10. The normalized spacial score (nSPS) is 11.5. The van der Waals surface area contributed by atoms with E-state index in [9.17, 15) is 0 Å². The lowest BCUT2D eigenvalue weighted by Crippen LogP contribution is -2.17. The van der Waals surface area contributed by atoms with Crippen molar-refractivity contribution < 1.29 is 0 Å². The Morgan fingerprint density at radius 2 is 0.789 bits per heavy atom. The summed E-state index contributed by atoms with van der Waals surface area (Å²) in [6, 6.07) is 79.7. The number of hydrogen-bond donors (Lipinski definition) is 0. The van der Waals surface area contributed by atoms with Gasteiger partial charge in [-0.05, 0) is 110 Å². The quantitative estimate of drug-likeness (QED) is 0.160. The van der Waals surface area contributed by atoms with Gasteiger partial charge in [-0.25, -0.2) is 0 Å². The molecule has 0 fully saturated rings. The van der Waals surface area contributed by atoms with Crippen molar-refractivity contribution in [3.8, 4) is 11.1 Å². The fourth-order valence-electron chi connectivity index (χ4n) is 8.45. The first-order valence-corrected chi connectivity index (χ1v) is 20.2. The average Bonchev–Trinajstić information content (AvgIpc) is 3.65. The monoisotopic (exact) mass is 744 g/mol. The van der Waals surface area contributed by atoms with Crippen LogP contribution < -0.4 is 9.80 Å². The number of fused-ring (bicyclic) bond motifs is 7. The fourth-order valence-corrected chi connectivity index (χ4v) is 9.58. The van der Waals surface area contributed by atoms with Gasteiger partial charge in [-0.3, -0.25) is 0 Å². The van der Waals surface area contributed by atoms with Gasteiger partial charge in [0, 0.05) is 42.9 Å². The van der Waals surface area contributed by atoms with Crippen molar-refractivity contribution in [2.45, 2.75) is 0 Å². The topological polar surface area (TPSA) is 6.48 Å². The molecule has 0 aliphatic heterocycles. The molecule has 57 heavy (non-hydrogen) atoms. The highest BCUT2D eigenvalue weighted by Gasteiger charge is 2.25. The molecule has 0 saturated carbocycles. The molecule has 3 heteroatoms. The van der Waals surface area contributed by atoms with Gasteiger partial charge >= 0.3 is 0 Å². The van der Waals surface area contributed by atoms with Crippen molar-refractivity contribution in [2.24, 2.45) is 0 Å². The minimum Gasteiger partial charge on any atom is -0.308 e. The van der Waals surface area contributed by atoms with Gasteiger partial charge in [-0.2, -0.15) is 0 Å². The summed E-state index contributed by atoms with van der Waals surface area (Å²) in [4.78, 5) is 4.91. The van der Waals surface area contributed by atoms with E-state index in [1.165, 1.54) is 63.6 Å². The maximum atomic E-state index is 2.47. The van der Waals surface area contributed by atoms with E-state index in [1.54, 1.807) is 0 Å². The highest BCUT2D eigenvalue weighted by atomic mass is 32.1. The molecule has 0 N–H and O–H groups in total. The van der Waals surface area contributed by atoms with E-state index in [-0.39, 0.29) is 0 Å². The molecule has 11 rings (SSSR count). The smallest absolute Gasteiger partial charge is 0.0716 e. The zero-order valence-corrected chi connectivity index (χ0v) is 31.9. The number of rotatable bonds is 7. The molecule has 0 aliphatic rings. The molecule has 2 nitrogen and oxygen atoms in total. The van der Waals surface area contributed by atoms with Crippen molar-refractivity contribution in [3.63, 3.8) is 0 Å². The standard InChI is InChI=1S/C54H36N2S/c1-3-14-37(15-4-1)43-21-13-24-45(32-43)56(47-30-27-39-17-8-10-20-42(39)34-47)50-35-49-53(57-52-31-28-40-18-11-12-25-48(40)54(49)52)36-51(50)55(44-22-5-2-6-23-44)46-29-26-38-16-7-9-19-41(38)33-46/h1-36H. The van der Waals surface area contributed by atoms with Crippen LogP contribution in [0.15, 0.2) is 218 Å². The maximum Gasteiger partial charge on any atom is 0.0716 e. The van der Waals surface area contributed by atoms with Crippen molar-refractivity contribution in [3.05, 3.63) is 218 Å². The summed E-state index contributed by atoms with van der Waals surface area (Å²) in [6.45, 7) is 0. The second-order valence-electron chi connectivity index (χ2n) is 14.6. The minimum absolute atomic E-state index is 1.09. The van der Waals surface area contributed by atoms with Crippen molar-refractivity contribution >= 4 is 98.0 Å². The summed E-state index contributed by atoms with van der Waals surface area (Å²) in [5, 5.41) is 9.91. The van der Waals surface area contributed by atoms with Crippen LogP contribution in [0.4, 0.5) is 34.1 Å². The van der Waals surface area contributed by atoms with E-state index in [1.807, 2.05) is 11.3 Å². The van der Waals surface area contributed by atoms with Gasteiger partial charge in [-0.1, -0.05) is 152 Å². The Labute approximate surface area is 335 Å². The molecule has 11 aromatic rings. The van der Waals surface area contributed by atoms with Crippen LogP contribution in [0.2, 0.25) is 0 Å². The molecule has 1 aromatic heterocycles. The Bertz CT molecular complexity index is 3260. The number of hydrogen-bond acceptors (Lipinski definition) is 3. The van der Waals surface area contributed by atoms with Crippen molar-refractivity contribution in [1.29, 1.82) is 0 Å². The first-order chi connectivity index (χ1) is 28.2. The van der Waals surface area contributed by atoms with Crippen LogP contribution in [0.5, 0.6) is 0 Å². The van der Waals surface area contributed by atoms with Gasteiger partial charge in [0.15, 0.2) is 0 Å². The third kappa shape index (κ3) is 5.88. The molecule has 0 atom stereocenters. The van der Waals surface area contributed by atoms with Gasteiger partial charge < -0.3 is 9.80 Å². The molecule has 1 heterocycles. The molecular formula is C54H36N2S. The minimum atomic E-state index is 1.09. The van der Waals surface area contributed by atoms with Crippen LogP contribution in [-0.2, 0) is 0 Å². The zero-order valence-electron chi connectivity index (χ0n) is 31.1. The fraction of sp³-hybridized carbons (Fsp3) is 0. The number of para-hydroxylation sites is 1. The van der Waals surface area contributed by atoms with E-state index in [0.717, 1.165) is 34.1 Å². The van der Waals surface area contributed by atoms with Gasteiger partial charge in [0.1, 0.15) is 0 Å². The Morgan fingerprint density at radius 1 is 0.281 bits per heavy atom. The Hall–Kier alpha value is -7.20. The van der Waals surface area contributed by atoms with Crippen LogP contribution in [0, 0.1) is 0 Å². The first-order valence-electron chi connectivity index (χ1n) is 19.4. The van der Waals surface area contributed by atoms with Gasteiger partial charge in [-0.15, -0.1) is 11.3 Å². The van der Waals surface area contributed by atoms with Crippen LogP contribution in [0.25, 0.3) is 63.6 Å². The van der Waals surface area contributed by atoms with E-state index < -0.39 is 0 Å². The van der Waals surface area contributed by atoms with Gasteiger partial charge in [0.05, 0.1) is 11.4 Å². The number of nitrogens with zero attached hydrogens (tertiary/aromatic N) is 2. The first kappa shape index (κ1) is 33.2. The predicted octanol–water partition coefficient (Wildman–Crippen LogP) is 16.1. The molecule has 0 unspecified atom stereocenters. The van der Waals surface area contributed by atoms with Crippen LogP contribution in [-0.4, -0.2) is 0 Å². The molecule has 0 bridgehead atoms. The summed E-state index contributed by atoms with van der Waals surface area (Å²) in [5.74, 6) is 0. The van der Waals surface area contributed by atoms with Crippen LogP contribution in [0.3, 0.4) is 0 Å². The maximum absolute atomic E-state index is 2.47. The SMILES string of the molecule is c1ccc(-c2cccc(N(c3ccc4ccccc4c3)c3cc4c(cc3N(c3ccccc3)c3ccc5ccccc5c3)sc3ccc5ccccc5c34)c2)cc1. The third-order valence-corrected chi connectivity index (χ3v) is 12.3. The lowest BCUT2D eigenvalue weighted by molar-refractivity contribution is 1.24. The zero-order chi connectivity index (χ0) is 37.7. The third-order valence-electron chi connectivity index (χ3n) is 11.1. The summed E-state index contributed by atoms with van der Waals surface area (Å²) in [7, 11) is 0. The van der Waals surface area contributed by atoms with Gasteiger partial charge in [0.2, 0.25) is 0 Å². The highest BCUT2D eigenvalue weighted by Crippen LogP contribution is 2.51. The second-order valence-corrected chi connectivity index (χ2v) is 15.7. The summed E-state index contributed by atoms with van der Waals surface area (Å²) in [5.41, 5.74) is 8.91. The van der Waals surface area contributed by atoms with Crippen molar-refractivity contribution in [2.75, 3.05) is 9.80 Å². The molecular weight excluding hydrogens is 709 g/mol. The van der Waals surface area contributed by atoms with E-state index >= 15 is 0 Å². The molecule has 268 valence electrons. The predicted molar refractivity (Wildman–Crippen MR) is 247 cm³/mol. The number of anilines is 6. The second kappa shape index (κ2) is 13.8. The lowest BCUT2D eigenvalue weighted by atomic mass is 10.0. The van der Waals surface area contributed by atoms with E-state index in [0.29, 0.717) is 0 Å². The van der Waals surface area contributed by atoms with Crippen molar-refractivity contribution in [1.82, 2.24) is 0 Å². The van der Waals surface area contributed by atoms with Gasteiger partial charge in [0.25, 0.3) is 0 Å². The molecule has 10 aromatic carbocycles. The van der Waals surface area contributed by atoms with Crippen LogP contribution in [0.1, 0.15) is 0 Å². The average molecular weight is 745 g/mol. The molecule has 0 spiro atoms. The largest absolute Gasteiger partial charge is 0.308 e. The Kier molecular flexibility index (Phi) is 8.04. The number of thiophene rings is 1. The molecule has 0 saturated heterocycles. The highest BCUT2D eigenvalue weighted by molar-refractivity contribution is 7.26. The summed E-state index contributed by atoms with van der Waals surface area (Å²) >= 11 is 1.87. The summed E-state index contributed by atoms with van der Waals surface area (Å²) < 4.78 is 2.53. The molecule has 0 radical (unpaired) electrons. The molecule has 0 aliphatic carbocycles. The molecule has 0 amide bonds. The Morgan fingerprint density at radius 3 is 1.49 bits per heavy atom.